The van der Waals surface area contributed by atoms with E-state index >= 15 is 0 Å². The van der Waals surface area contributed by atoms with E-state index in [2.05, 4.69) is 0 Å². The molecule has 1 aromatic rings. The molecule has 0 spiro atoms. The van der Waals surface area contributed by atoms with Crippen LogP contribution in [0.2, 0.25) is 0 Å². The van der Waals surface area contributed by atoms with E-state index in [1.54, 1.807) is 0 Å². The highest BCUT2D eigenvalue weighted by Crippen LogP contribution is 2.19. The van der Waals surface area contributed by atoms with E-state index in [9.17, 15) is 4.79 Å². The monoisotopic (exact) mass is 220 g/mol. The molecule has 2 unspecified atom stereocenters. The average molecular weight is 220 g/mol. The average Bonchev–Trinajstić information content (AvgIpc) is 2.76. The van der Waals surface area contributed by atoms with Crippen molar-refractivity contribution in [2.45, 2.75) is 31.7 Å². The maximum absolute atomic E-state index is 10.3. The van der Waals surface area contributed by atoms with Crippen molar-refractivity contribution in [3.05, 3.63) is 35.9 Å². The number of ether oxygens (including phenoxy) is 2. The van der Waals surface area contributed by atoms with Crippen molar-refractivity contribution < 1.29 is 14.3 Å². The Morgan fingerprint density at radius 1 is 1.38 bits per heavy atom. The summed E-state index contributed by atoms with van der Waals surface area (Å²) in [5, 5.41) is 0. The van der Waals surface area contributed by atoms with Gasteiger partial charge in [-0.2, -0.15) is 0 Å². The molecule has 1 fully saturated rings. The van der Waals surface area contributed by atoms with Crippen molar-refractivity contribution >= 4 is 6.29 Å². The summed E-state index contributed by atoms with van der Waals surface area (Å²) in [6.45, 7) is 1.22. The maximum atomic E-state index is 10.3. The molecule has 0 N–H and O–H groups in total. The SMILES string of the molecule is O=CCC1CC(OCc2ccccc2)CO1. The highest BCUT2D eigenvalue weighted by molar-refractivity contribution is 5.50. The van der Waals surface area contributed by atoms with Gasteiger partial charge in [-0.3, -0.25) is 0 Å². The lowest BCUT2D eigenvalue weighted by molar-refractivity contribution is -0.109. The number of carbonyl (C=O) groups is 1. The molecule has 86 valence electrons. The molecule has 1 heterocycles. The molecule has 1 aliphatic heterocycles. The molecule has 0 bridgehead atoms. The zero-order valence-corrected chi connectivity index (χ0v) is 9.17. The largest absolute Gasteiger partial charge is 0.375 e. The molecule has 3 heteroatoms. The van der Waals surface area contributed by atoms with Gasteiger partial charge < -0.3 is 14.3 Å². The Morgan fingerprint density at radius 3 is 2.94 bits per heavy atom. The standard InChI is InChI=1S/C13H16O3/c14-7-6-12-8-13(10-16-12)15-9-11-4-2-1-3-5-11/h1-5,7,12-13H,6,8-10H2. The van der Waals surface area contributed by atoms with E-state index in [-0.39, 0.29) is 12.2 Å². The molecular formula is C13H16O3. The molecule has 0 radical (unpaired) electrons. The van der Waals surface area contributed by atoms with Crippen molar-refractivity contribution in [3.63, 3.8) is 0 Å². The Hall–Kier alpha value is -1.19. The fourth-order valence-electron chi connectivity index (χ4n) is 1.85. The van der Waals surface area contributed by atoms with Crippen LogP contribution in [0.3, 0.4) is 0 Å². The second-order valence-corrected chi connectivity index (χ2v) is 4.01. The highest BCUT2D eigenvalue weighted by Gasteiger charge is 2.25. The maximum Gasteiger partial charge on any atom is 0.122 e. The molecular weight excluding hydrogens is 204 g/mol. The Bertz CT molecular complexity index is 323. The fraction of sp³-hybridized carbons (Fsp3) is 0.462. The van der Waals surface area contributed by atoms with Crippen molar-refractivity contribution in [1.29, 1.82) is 0 Å². The normalized spacial score (nSPS) is 24.5. The van der Waals surface area contributed by atoms with Crippen LogP contribution in [0.25, 0.3) is 0 Å². The quantitative estimate of drug-likeness (QED) is 0.711. The number of aldehydes is 1. The number of carbonyl (C=O) groups excluding carboxylic acids is 1. The first-order valence-corrected chi connectivity index (χ1v) is 5.59. The Kier molecular flexibility index (Phi) is 4.08. The first-order valence-electron chi connectivity index (χ1n) is 5.59. The molecule has 0 amide bonds. The van der Waals surface area contributed by atoms with E-state index in [4.69, 9.17) is 9.47 Å². The molecule has 1 aromatic carbocycles. The van der Waals surface area contributed by atoms with Gasteiger partial charge in [0.25, 0.3) is 0 Å². The third kappa shape index (κ3) is 3.15. The van der Waals surface area contributed by atoms with Gasteiger partial charge in [0, 0.05) is 12.8 Å². The van der Waals surface area contributed by atoms with Gasteiger partial charge in [0.1, 0.15) is 6.29 Å². The molecule has 0 aliphatic carbocycles. The summed E-state index contributed by atoms with van der Waals surface area (Å²) in [7, 11) is 0. The smallest absolute Gasteiger partial charge is 0.122 e. The van der Waals surface area contributed by atoms with Crippen molar-refractivity contribution in [2.75, 3.05) is 6.61 Å². The molecule has 3 nitrogen and oxygen atoms in total. The molecule has 2 rings (SSSR count). The van der Waals surface area contributed by atoms with E-state index in [1.807, 2.05) is 30.3 Å². The fourth-order valence-corrected chi connectivity index (χ4v) is 1.85. The Balaban J connectivity index is 1.73. The summed E-state index contributed by atoms with van der Waals surface area (Å²) in [5.41, 5.74) is 1.17. The molecule has 1 aliphatic rings. The van der Waals surface area contributed by atoms with Gasteiger partial charge in [0.15, 0.2) is 0 Å². The van der Waals surface area contributed by atoms with Gasteiger partial charge in [-0.25, -0.2) is 0 Å². The third-order valence-corrected chi connectivity index (χ3v) is 2.73. The summed E-state index contributed by atoms with van der Waals surface area (Å²) in [4.78, 5) is 10.3. The third-order valence-electron chi connectivity index (χ3n) is 2.73. The number of benzene rings is 1. The molecule has 16 heavy (non-hydrogen) atoms. The van der Waals surface area contributed by atoms with Gasteiger partial charge in [0.2, 0.25) is 0 Å². The van der Waals surface area contributed by atoms with E-state index < -0.39 is 0 Å². The van der Waals surface area contributed by atoms with Crippen LogP contribution in [0.4, 0.5) is 0 Å². The van der Waals surface area contributed by atoms with Crippen LogP contribution in [-0.4, -0.2) is 25.1 Å². The second kappa shape index (κ2) is 5.77. The molecule has 0 aromatic heterocycles. The van der Waals surface area contributed by atoms with Crippen LogP contribution < -0.4 is 0 Å². The lowest BCUT2D eigenvalue weighted by Crippen LogP contribution is -2.12. The van der Waals surface area contributed by atoms with Crippen molar-refractivity contribution in [2.24, 2.45) is 0 Å². The number of rotatable bonds is 5. The molecule has 2 atom stereocenters. The highest BCUT2D eigenvalue weighted by atomic mass is 16.5. The lowest BCUT2D eigenvalue weighted by Gasteiger charge is -2.09. The minimum absolute atomic E-state index is 0.0540. The van der Waals surface area contributed by atoms with Crippen molar-refractivity contribution in [1.82, 2.24) is 0 Å². The zero-order chi connectivity index (χ0) is 11.2. The van der Waals surface area contributed by atoms with Gasteiger partial charge in [-0.1, -0.05) is 30.3 Å². The summed E-state index contributed by atoms with van der Waals surface area (Å²) in [5.74, 6) is 0. The first-order chi connectivity index (χ1) is 7.88. The van der Waals surface area contributed by atoms with Crippen LogP contribution in [-0.2, 0) is 20.9 Å². The van der Waals surface area contributed by atoms with Crippen LogP contribution in [0, 0.1) is 0 Å². The topological polar surface area (TPSA) is 35.5 Å². The van der Waals surface area contributed by atoms with Crippen LogP contribution in [0.5, 0.6) is 0 Å². The van der Waals surface area contributed by atoms with Gasteiger partial charge >= 0.3 is 0 Å². The molecule has 0 saturated carbocycles. The predicted octanol–water partition coefficient (Wildman–Crippen LogP) is 1.95. The zero-order valence-electron chi connectivity index (χ0n) is 9.17. The van der Waals surface area contributed by atoms with Gasteiger partial charge in [-0.15, -0.1) is 0 Å². The Morgan fingerprint density at radius 2 is 2.19 bits per heavy atom. The summed E-state index contributed by atoms with van der Waals surface area (Å²) < 4.78 is 11.2. The number of hydrogen-bond donors (Lipinski definition) is 0. The minimum atomic E-state index is 0.0540. The van der Waals surface area contributed by atoms with E-state index in [0.717, 1.165) is 12.7 Å². The molecule has 1 saturated heterocycles. The van der Waals surface area contributed by atoms with E-state index in [1.165, 1.54) is 5.56 Å². The second-order valence-electron chi connectivity index (χ2n) is 4.01. The summed E-state index contributed by atoms with van der Waals surface area (Å²) >= 11 is 0. The van der Waals surface area contributed by atoms with Crippen LogP contribution >= 0.6 is 0 Å². The lowest BCUT2D eigenvalue weighted by atomic mass is 10.1. The summed E-state index contributed by atoms with van der Waals surface area (Å²) in [6.07, 6.45) is 2.39. The van der Waals surface area contributed by atoms with Crippen LogP contribution in [0.15, 0.2) is 30.3 Å². The summed E-state index contributed by atoms with van der Waals surface area (Å²) in [6, 6.07) is 10.1. The predicted molar refractivity (Wildman–Crippen MR) is 60.1 cm³/mol. The van der Waals surface area contributed by atoms with Gasteiger partial charge in [0.05, 0.1) is 25.4 Å². The number of hydrogen-bond acceptors (Lipinski definition) is 3. The van der Waals surface area contributed by atoms with Crippen LogP contribution in [0.1, 0.15) is 18.4 Å². The van der Waals surface area contributed by atoms with Crippen molar-refractivity contribution in [3.8, 4) is 0 Å². The first kappa shape index (κ1) is 11.3. The Labute approximate surface area is 95.4 Å². The van der Waals surface area contributed by atoms with Gasteiger partial charge in [-0.05, 0) is 5.56 Å². The minimum Gasteiger partial charge on any atom is -0.375 e. The van der Waals surface area contributed by atoms with E-state index in [0.29, 0.717) is 19.6 Å².